The van der Waals surface area contributed by atoms with Crippen molar-refractivity contribution in [1.82, 2.24) is 15.3 Å². The molecule has 172 valence electrons. The van der Waals surface area contributed by atoms with Crippen LogP contribution in [0.2, 0.25) is 0 Å². The van der Waals surface area contributed by atoms with E-state index in [0.717, 1.165) is 50.4 Å². The van der Waals surface area contributed by atoms with Crippen LogP contribution >= 0.6 is 0 Å². The number of ether oxygens (including phenoxy) is 1. The Hall–Kier alpha value is -3.42. The zero-order valence-corrected chi connectivity index (χ0v) is 19.0. The molecule has 0 unspecified atom stereocenters. The Morgan fingerprint density at radius 2 is 1.97 bits per heavy atom. The van der Waals surface area contributed by atoms with Crippen molar-refractivity contribution in [2.45, 2.75) is 51.5 Å². The third-order valence-corrected chi connectivity index (χ3v) is 6.59. The summed E-state index contributed by atoms with van der Waals surface area (Å²) in [6.45, 7) is 3.56. The first-order valence-electron chi connectivity index (χ1n) is 11.6. The summed E-state index contributed by atoms with van der Waals surface area (Å²) in [7, 11) is 1.51. The van der Waals surface area contributed by atoms with Crippen molar-refractivity contribution < 1.29 is 13.9 Å². The molecule has 0 bridgehead atoms. The van der Waals surface area contributed by atoms with Gasteiger partial charge in [0.05, 0.1) is 7.11 Å². The first kappa shape index (κ1) is 21.4. The smallest absolute Gasteiger partial charge is 0.349 e. The van der Waals surface area contributed by atoms with Crippen LogP contribution in [-0.4, -0.2) is 42.1 Å². The van der Waals surface area contributed by atoms with Crippen LogP contribution in [-0.2, 0) is 12.8 Å². The number of carbonyl (C=O) groups excluding carboxylic acids is 1. The maximum atomic E-state index is 12.9. The first-order valence-corrected chi connectivity index (χ1v) is 11.6. The normalized spacial score (nSPS) is 16.5. The molecular formula is C25H28N4O4. The Morgan fingerprint density at radius 1 is 1.18 bits per heavy atom. The van der Waals surface area contributed by atoms with E-state index in [0.29, 0.717) is 16.7 Å². The average molecular weight is 449 g/mol. The fourth-order valence-corrected chi connectivity index (χ4v) is 4.89. The maximum absolute atomic E-state index is 12.9. The summed E-state index contributed by atoms with van der Waals surface area (Å²) in [4.78, 5) is 37.1. The largest absolute Gasteiger partial charge is 0.493 e. The van der Waals surface area contributed by atoms with E-state index < -0.39 is 11.5 Å². The molecule has 1 aliphatic carbocycles. The Morgan fingerprint density at radius 3 is 2.76 bits per heavy atom. The lowest BCUT2D eigenvalue weighted by molar-refractivity contribution is 0.0927. The number of para-hydroxylation sites is 1. The fourth-order valence-electron chi connectivity index (χ4n) is 4.89. The van der Waals surface area contributed by atoms with E-state index in [1.807, 2.05) is 6.92 Å². The molecule has 1 aromatic carbocycles. The third kappa shape index (κ3) is 4.17. The molecular weight excluding hydrogens is 420 g/mol. The van der Waals surface area contributed by atoms with Crippen molar-refractivity contribution in [2.24, 2.45) is 0 Å². The number of nitrogens with zero attached hydrogens (tertiary/aromatic N) is 3. The summed E-state index contributed by atoms with van der Waals surface area (Å²) in [5.74, 6) is 1.94. The molecule has 0 spiro atoms. The van der Waals surface area contributed by atoms with Crippen LogP contribution in [0.3, 0.4) is 0 Å². The SMILES string of the molecule is COc1cccc2cc(C(=O)NC3CCN(c4nc(C)nc5c4CCCC5)CC3)c(=O)oc12. The van der Waals surface area contributed by atoms with E-state index in [-0.39, 0.29) is 11.6 Å². The van der Waals surface area contributed by atoms with Gasteiger partial charge in [-0.1, -0.05) is 12.1 Å². The van der Waals surface area contributed by atoms with Crippen LogP contribution in [0.4, 0.5) is 5.82 Å². The minimum absolute atomic E-state index is 0.00656. The van der Waals surface area contributed by atoms with Crippen molar-refractivity contribution in [3.63, 3.8) is 0 Å². The number of hydrogen-bond acceptors (Lipinski definition) is 7. The van der Waals surface area contributed by atoms with Gasteiger partial charge >= 0.3 is 5.63 Å². The van der Waals surface area contributed by atoms with Crippen LogP contribution in [0.5, 0.6) is 5.75 Å². The van der Waals surface area contributed by atoms with E-state index in [4.69, 9.17) is 14.1 Å². The van der Waals surface area contributed by atoms with Crippen LogP contribution in [0, 0.1) is 6.92 Å². The molecule has 8 heteroatoms. The van der Waals surface area contributed by atoms with Crippen molar-refractivity contribution in [3.05, 3.63) is 57.3 Å². The van der Waals surface area contributed by atoms with E-state index in [1.54, 1.807) is 24.3 Å². The molecule has 0 atom stereocenters. The van der Waals surface area contributed by atoms with Crippen LogP contribution in [0.15, 0.2) is 33.5 Å². The number of anilines is 1. The molecule has 0 saturated carbocycles. The van der Waals surface area contributed by atoms with Gasteiger partial charge in [-0.05, 0) is 57.6 Å². The number of fused-ring (bicyclic) bond motifs is 2. The Balaban J connectivity index is 1.28. The summed E-state index contributed by atoms with van der Waals surface area (Å²) >= 11 is 0. The van der Waals surface area contributed by atoms with E-state index >= 15 is 0 Å². The molecule has 1 amide bonds. The molecule has 2 aliphatic rings. The molecule has 3 heterocycles. The van der Waals surface area contributed by atoms with Gasteiger partial charge < -0.3 is 19.4 Å². The highest BCUT2D eigenvalue weighted by molar-refractivity contribution is 5.97. The van der Waals surface area contributed by atoms with Gasteiger partial charge in [0.2, 0.25) is 0 Å². The average Bonchev–Trinajstić information content (AvgIpc) is 2.83. The topological polar surface area (TPSA) is 97.6 Å². The molecule has 1 saturated heterocycles. The third-order valence-electron chi connectivity index (χ3n) is 6.59. The van der Waals surface area contributed by atoms with E-state index in [2.05, 4.69) is 15.2 Å². The van der Waals surface area contributed by atoms with Crippen molar-refractivity contribution in [3.8, 4) is 5.75 Å². The standard InChI is InChI=1S/C25H28N4O4/c1-15-26-20-8-4-3-7-18(20)23(27-15)29-12-10-17(11-13-29)28-24(30)19-14-16-6-5-9-21(32-2)22(16)33-25(19)31/h5-6,9,14,17H,3-4,7-8,10-13H2,1-2H3,(H,28,30). The number of piperidine rings is 1. The number of benzene rings is 1. The first-order chi connectivity index (χ1) is 16.0. The molecule has 8 nitrogen and oxygen atoms in total. The second-order valence-electron chi connectivity index (χ2n) is 8.79. The highest BCUT2D eigenvalue weighted by Gasteiger charge is 2.27. The zero-order chi connectivity index (χ0) is 22.9. The quantitative estimate of drug-likeness (QED) is 0.612. The summed E-state index contributed by atoms with van der Waals surface area (Å²) in [6, 6.07) is 6.87. The van der Waals surface area contributed by atoms with Gasteiger partial charge in [0, 0.05) is 35.8 Å². The lowest BCUT2D eigenvalue weighted by Gasteiger charge is -2.35. The lowest BCUT2D eigenvalue weighted by atomic mass is 9.95. The molecule has 1 fully saturated rings. The summed E-state index contributed by atoms with van der Waals surface area (Å²) < 4.78 is 10.6. The summed E-state index contributed by atoms with van der Waals surface area (Å²) in [5.41, 5.74) is 2.18. The molecule has 5 rings (SSSR count). The second-order valence-corrected chi connectivity index (χ2v) is 8.79. The van der Waals surface area contributed by atoms with E-state index in [1.165, 1.54) is 31.2 Å². The number of carbonyl (C=O) groups is 1. The minimum Gasteiger partial charge on any atom is -0.493 e. The Kier molecular flexibility index (Phi) is 5.74. The highest BCUT2D eigenvalue weighted by atomic mass is 16.5. The minimum atomic E-state index is -0.662. The van der Waals surface area contributed by atoms with Gasteiger partial charge in [-0.3, -0.25) is 4.79 Å². The van der Waals surface area contributed by atoms with Gasteiger partial charge in [-0.15, -0.1) is 0 Å². The predicted molar refractivity (Wildman–Crippen MR) is 125 cm³/mol. The lowest BCUT2D eigenvalue weighted by Crippen LogP contribution is -2.46. The van der Waals surface area contributed by atoms with Crippen LogP contribution in [0.25, 0.3) is 11.0 Å². The number of aromatic nitrogens is 2. The highest BCUT2D eigenvalue weighted by Crippen LogP contribution is 2.30. The van der Waals surface area contributed by atoms with Gasteiger partial charge in [-0.2, -0.15) is 0 Å². The fraction of sp³-hybridized carbons (Fsp3) is 0.440. The van der Waals surface area contributed by atoms with Crippen molar-refractivity contribution in [1.29, 1.82) is 0 Å². The molecule has 2 aromatic heterocycles. The number of methoxy groups -OCH3 is 1. The van der Waals surface area contributed by atoms with Crippen molar-refractivity contribution in [2.75, 3.05) is 25.1 Å². The summed E-state index contributed by atoms with van der Waals surface area (Å²) in [6.07, 6.45) is 6.00. The number of rotatable bonds is 4. The number of aryl methyl sites for hydroxylation is 2. The maximum Gasteiger partial charge on any atom is 0.349 e. The summed E-state index contributed by atoms with van der Waals surface area (Å²) in [5, 5.41) is 3.68. The second kappa shape index (κ2) is 8.84. The van der Waals surface area contributed by atoms with Gasteiger partial charge in [0.25, 0.3) is 5.91 Å². The van der Waals surface area contributed by atoms with Gasteiger partial charge in [-0.25, -0.2) is 14.8 Å². The number of amides is 1. The molecule has 1 aliphatic heterocycles. The predicted octanol–water partition coefficient (Wildman–Crippen LogP) is 3.18. The van der Waals surface area contributed by atoms with Crippen LogP contribution in [0.1, 0.15) is 53.1 Å². The monoisotopic (exact) mass is 448 g/mol. The number of hydrogen-bond donors (Lipinski definition) is 1. The molecule has 1 N–H and O–H groups in total. The van der Waals surface area contributed by atoms with Crippen molar-refractivity contribution >= 4 is 22.7 Å². The van der Waals surface area contributed by atoms with Crippen LogP contribution < -0.4 is 20.6 Å². The molecule has 3 aromatic rings. The van der Waals surface area contributed by atoms with Gasteiger partial charge in [0.15, 0.2) is 11.3 Å². The van der Waals surface area contributed by atoms with Gasteiger partial charge in [0.1, 0.15) is 17.2 Å². The molecule has 33 heavy (non-hydrogen) atoms. The zero-order valence-electron chi connectivity index (χ0n) is 19.0. The Bertz CT molecular complexity index is 1260. The van der Waals surface area contributed by atoms with E-state index in [9.17, 15) is 9.59 Å². The molecule has 0 radical (unpaired) electrons. The number of nitrogens with one attached hydrogen (secondary N) is 1. The Labute approximate surface area is 192 Å².